The summed E-state index contributed by atoms with van der Waals surface area (Å²) in [6, 6.07) is 66.8. The number of fused-ring (bicyclic) bond motifs is 8. The predicted octanol–water partition coefficient (Wildman–Crippen LogP) is 14.6. The summed E-state index contributed by atoms with van der Waals surface area (Å²) in [6.45, 7) is 0. The van der Waals surface area contributed by atoms with E-state index in [1.165, 1.54) is 38.2 Å². The van der Waals surface area contributed by atoms with Crippen molar-refractivity contribution in [3.63, 3.8) is 0 Å². The lowest BCUT2D eigenvalue weighted by molar-refractivity contribution is 0.668. The number of hydrogen-bond acceptors (Lipinski definition) is 3. The van der Waals surface area contributed by atoms with Crippen LogP contribution in [0.5, 0.6) is 0 Å². The normalized spacial score (nSPS) is 11.8. The van der Waals surface area contributed by atoms with Crippen LogP contribution in [0.2, 0.25) is 0 Å². The van der Waals surface area contributed by atoms with E-state index in [9.17, 15) is 0 Å². The van der Waals surface area contributed by atoms with Crippen molar-refractivity contribution >= 4 is 82.5 Å². The largest absolute Gasteiger partial charge is 0.456 e. The molecule has 0 bridgehead atoms. The van der Waals surface area contributed by atoms with Gasteiger partial charge in [0, 0.05) is 27.5 Å². The van der Waals surface area contributed by atoms with Crippen LogP contribution in [0.1, 0.15) is 0 Å². The van der Waals surface area contributed by atoms with Gasteiger partial charge in [0.2, 0.25) is 0 Å². The zero-order valence-corrected chi connectivity index (χ0v) is 28.7. The maximum atomic E-state index is 6.55. The number of hydrogen-bond donors (Lipinski definition) is 0. The van der Waals surface area contributed by atoms with E-state index < -0.39 is 0 Å². The Morgan fingerprint density at radius 3 is 1.79 bits per heavy atom. The minimum Gasteiger partial charge on any atom is -0.456 e. The molecule has 0 unspecified atom stereocenters. The molecule has 3 nitrogen and oxygen atoms in total. The van der Waals surface area contributed by atoms with E-state index in [-0.39, 0.29) is 0 Å². The van der Waals surface area contributed by atoms with Crippen LogP contribution in [0.4, 0.5) is 17.1 Å². The molecule has 0 atom stereocenters. The van der Waals surface area contributed by atoms with Gasteiger partial charge in [-0.25, -0.2) is 0 Å². The molecular weight excluding hydrogens is 647 g/mol. The van der Waals surface area contributed by atoms with Crippen molar-refractivity contribution in [2.24, 2.45) is 0 Å². The quantitative estimate of drug-likeness (QED) is 0.182. The summed E-state index contributed by atoms with van der Waals surface area (Å²) < 4.78 is 13.0. The highest BCUT2D eigenvalue weighted by atomic mass is 16.3. The lowest BCUT2D eigenvalue weighted by Crippen LogP contribution is -2.10. The van der Waals surface area contributed by atoms with Crippen molar-refractivity contribution in [2.45, 2.75) is 0 Å². The second-order valence-electron chi connectivity index (χ2n) is 13.7. The first kappa shape index (κ1) is 29.6. The Labute approximate surface area is 305 Å². The fourth-order valence-corrected chi connectivity index (χ4v) is 8.18. The van der Waals surface area contributed by atoms with Crippen LogP contribution in [-0.2, 0) is 0 Å². The van der Waals surface area contributed by atoms with Crippen LogP contribution >= 0.6 is 0 Å². The van der Waals surface area contributed by atoms with Gasteiger partial charge in [0.25, 0.3) is 0 Å². The highest BCUT2D eigenvalue weighted by molar-refractivity contribution is 6.17. The summed E-state index contributed by atoms with van der Waals surface area (Å²) in [5, 5.41) is 9.26. The maximum Gasteiger partial charge on any atom is 0.137 e. The minimum absolute atomic E-state index is 0.856. The first-order chi connectivity index (χ1) is 26.3. The molecule has 0 radical (unpaired) electrons. The monoisotopic (exact) mass is 677 g/mol. The molecule has 11 rings (SSSR count). The van der Waals surface area contributed by atoms with Gasteiger partial charge in [-0.05, 0) is 104 Å². The highest BCUT2D eigenvalue weighted by Crippen LogP contribution is 2.46. The lowest BCUT2D eigenvalue weighted by Gasteiger charge is -2.26. The second kappa shape index (κ2) is 11.7. The Hall–Kier alpha value is -7.10. The molecule has 0 aliphatic rings. The number of anilines is 3. The molecule has 0 fully saturated rings. The summed E-state index contributed by atoms with van der Waals surface area (Å²) in [4.78, 5) is 2.35. The standard InChI is InChI=1S/C50H31NO2/c1-2-12-35-30-36(23-22-32(35)10-1)33-24-26-37(27-25-33)51(44-18-9-21-48-50(44)42-15-5-6-19-45(42)52-48)38-28-29-46-43(31-38)49-41(17-8-20-47(49)53-46)40-16-7-13-34-11-3-4-14-39(34)40/h1-31H. The van der Waals surface area contributed by atoms with E-state index in [2.05, 4.69) is 181 Å². The van der Waals surface area contributed by atoms with Gasteiger partial charge in [0.05, 0.1) is 11.1 Å². The molecule has 0 aliphatic heterocycles. The molecule has 0 saturated carbocycles. The van der Waals surface area contributed by atoms with Crippen molar-refractivity contribution in [3.05, 3.63) is 188 Å². The number of benzene rings is 9. The Kier molecular flexibility index (Phi) is 6.55. The first-order valence-electron chi connectivity index (χ1n) is 18.0. The Bertz CT molecular complexity index is 3180. The Morgan fingerprint density at radius 2 is 0.925 bits per heavy atom. The summed E-state index contributed by atoms with van der Waals surface area (Å²) in [6.07, 6.45) is 0. The SMILES string of the molecule is c1ccc2cc(-c3ccc(N(c4ccc5oc6cccc(-c7cccc8ccccc78)c6c5c4)c4cccc5oc6ccccc6c45)cc3)ccc2c1. The summed E-state index contributed by atoms with van der Waals surface area (Å²) in [7, 11) is 0. The molecule has 0 saturated heterocycles. The average molecular weight is 678 g/mol. The van der Waals surface area contributed by atoms with Gasteiger partial charge in [-0.3, -0.25) is 0 Å². The van der Waals surface area contributed by atoms with E-state index in [0.29, 0.717) is 0 Å². The lowest BCUT2D eigenvalue weighted by atomic mass is 9.94. The van der Waals surface area contributed by atoms with Gasteiger partial charge in [0.1, 0.15) is 22.3 Å². The van der Waals surface area contributed by atoms with Gasteiger partial charge < -0.3 is 13.7 Å². The molecule has 0 amide bonds. The van der Waals surface area contributed by atoms with Crippen LogP contribution in [0, 0.1) is 0 Å². The molecule has 248 valence electrons. The minimum atomic E-state index is 0.856. The van der Waals surface area contributed by atoms with Crippen LogP contribution in [0.25, 0.3) is 87.7 Å². The molecule has 9 aromatic carbocycles. The Morgan fingerprint density at radius 1 is 0.321 bits per heavy atom. The van der Waals surface area contributed by atoms with Crippen LogP contribution in [0.15, 0.2) is 197 Å². The molecule has 53 heavy (non-hydrogen) atoms. The van der Waals surface area contributed by atoms with Crippen LogP contribution in [0.3, 0.4) is 0 Å². The van der Waals surface area contributed by atoms with E-state index in [4.69, 9.17) is 8.83 Å². The van der Waals surface area contributed by atoms with Gasteiger partial charge in [-0.2, -0.15) is 0 Å². The fourth-order valence-electron chi connectivity index (χ4n) is 8.18. The van der Waals surface area contributed by atoms with Gasteiger partial charge in [-0.15, -0.1) is 0 Å². The number of rotatable bonds is 5. The molecule has 0 spiro atoms. The Balaban J connectivity index is 1.13. The van der Waals surface area contributed by atoms with E-state index >= 15 is 0 Å². The smallest absolute Gasteiger partial charge is 0.137 e. The van der Waals surface area contributed by atoms with Crippen molar-refractivity contribution in [1.29, 1.82) is 0 Å². The number of furan rings is 2. The number of nitrogens with zero attached hydrogens (tertiary/aromatic N) is 1. The third kappa shape index (κ3) is 4.75. The first-order valence-corrected chi connectivity index (χ1v) is 18.0. The topological polar surface area (TPSA) is 29.5 Å². The molecule has 0 N–H and O–H groups in total. The molecular formula is C50H31NO2. The summed E-state index contributed by atoms with van der Waals surface area (Å²) >= 11 is 0. The van der Waals surface area contributed by atoms with E-state index in [1.54, 1.807) is 0 Å². The molecule has 2 aromatic heterocycles. The predicted molar refractivity (Wildman–Crippen MR) is 222 cm³/mol. The second-order valence-corrected chi connectivity index (χ2v) is 13.7. The maximum absolute atomic E-state index is 6.55. The zero-order valence-electron chi connectivity index (χ0n) is 28.7. The van der Waals surface area contributed by atoms with Gasteiger partial charge in [-0.1, -0.05) is 127 Å². The zero-order chi connectivity index (χ0) is 34.9. The van der Waals surface area contributed by atoms with E-state index in [1.807, 2.05) is 12.1 Å². The van der Waals surface area contributed by atoms with Gasteiger partial charge in [0.15, 0.2) is 0 Å². The summed E-state index contributed by atoms with van der Waals surface area (Å²) in [5.41, 5.74) is 11.3. The van der Waals surface area contributed by atoms with Crippen molar-refractivity contribution in [2.75, 3.05) is 4.90 Å². The average Bonchev–Trinajstić information content (AvgIpc) is 3.80. The highest BCUT2D eigenvalue weighted by Gasteiger charge is 2.22. The molecule has 3 heteroatoms. The van der Waals surface area contributed by atoms with Crippen molar-refractivity contribution in [3.8, 4) is 22.3 Å². The number of para-hydroxylation sites is 1. The summed E-state index contributed by atoms with van der Waals surface area (Å²) in [5.74, 6) is 0. The molecule has 11 aromatic rings. The van der Waals surface area contributed by atoms with Crippen molar-refractivity contribution < 1.29 is 8.83 Å². The van der Waals surface area contributed by atoms with E-state index in [0.717, 1.165) is 66.5 Å². The van der Waals surface area contributed by atoms with Gasteiger partial charge >= 0.3 is 0 Å². The molecule has 0 aliphatic carbocycles. The fraction of sp³-hybridized carbons (Fsp3) is 0. The third-order valence-corrected chi connectivity index (χ3v) is 10.6. The third-order valence-electron chi connectivity index (χ3n) is 10.6. The van der Waals surface area contributed by atoms with Crippen molar-refractivity contribution in [1.82, 2.24) is 0 Å². The van der Waals surface area contributed by atoms with Crippen LogP contribution in [-0.4, -0.2) is 0 Å². The molecule has 2 heterocycles. The van der Waals surface area contributed by atoms with Crippen LogP contribution < -0.4 is 4.90 Å².